The number of ether oxygens (including phenoxy) is 1. The fourth-order valence-corrected chi connectivity index (χ4v) is 6.03. The molecule has 11 nitrogen and oxygen atoms in total. The average molecular weight is 583 g/mol. The number of benzene rings is 2. The van der Waals surface area contributed by atoms with E-state index in [2.05, 4.69) is 39.8 Å². The molecule has 6 rings (SSSR count). The van der Waals surface area contributed by atoms with Gasteiger partial charge in [0.25, 0.3) is 0 Å². The number of urea groups is 1. The summed E-state index contributed by atoms with van der Waals surface area (Å²) in [6.07, 6.45) is 3.77. The summed E-state index contributed by atoms with van der Waals surface area (Å²) in [7, 11) is 3.82. The van der Waals surface area contributed by atoms with Crippen LogP contribution in [0.2, 0.25) is 0 Å². The number of amides is 3. The summed E-state index contributed by atoms with van der Waals surface area (Å²) in [5.74, 6) is 1.61. The van der Waals surface area contributed by atoms with Crippen LogP contribution in [-0.2, 0) is 17.9 Å². The normalized spacial score (nSPS) is 18.9. The highest BCUT2D eigenvalue weighted by molar-refractivity contribution is 5.95. The highest BCUT2D eigenvalue weighted by Gasteiger charge is 2.40. The van der Waals surface area contributed by atoms with Crippen LogP contribution in [0, 0.1) is 0 Å². The van der Waals surface area contributed by atoms with Crippen molar-refractivity contribution in [1.29, 1.82) is 0 Å². The van der Waals surface area contributed by atoms with E-state index in [1.165, 1.54) is 6.08 Å². The molecule has 1 atom stereocenters. The van der Waals surface area contributed by atoms with Gasteiger partial charge in [-0.3, -0.25) is 9.69 Å². The number of carbonyl (C=O) groups is 2. The first-order valence-corrected chi connectivity index (χ1v) is 14.7. The number of piperazine rings is 1. The van der Waals surface area contributed by atoms with Gasteiger partial charge in [0.15, 0.2) is 0 Å². The minimum Gasteiger partial charge on any atom is -0.495 e. The predicted octanol–water partition coefficient (Wildman–Crippen LogP) is 3.71. The molecule has 3 aromatic rings. The van der Waals surface area contributed by atoms with Gasteiger partial charge in [-0.1, -0.05) is 36.9 Å². The Labute approximate surface area is 252 Å². The lowest BCUT2D eigenvalue weighted by Gasteiger charge is -2.39. The maximum Gasteiger partial charge on any atom is 0.326 e. The Morgan fingerprint density at radius 1 is 1.12 bits per heavy atom. The molecule has 11 heteroatoms. The summed E-state index contributed by atoms with van der Waals surface area (Å²) >= 11 is 0. The zero-order valence-electron chi connectivity index (χ0n) is 24.8. The third kappa shape index (κ3) is 5.98. The molecule has 0 radical (unpaired) electrons. The number of anilines is 4. The van der Waals surface area contributed by atoms with Crippen molar-refractivity contribution in [2.75, 3.05) is 68.5 Å². The second-order valence-electron chi connectivity index (χ2n) is 11.3. The largest absolute Gasteiger partial charge is 0.495 e. The van der Waals surface area contributed by atoms with Crippen molar-refractivity contribution in [3.63, 3.8) is 0 Å². The van der Waals surface area contributed by atoms with Crippen LogP contribution in [0.5, 0.6) is 5.75 Å². The summed E-state index contributed by atoms with van der Waals surface area (Å²) in [5.41, 5.74) is 3.75. The standard InChI is InChI=1S/C32H38N8O3/c1-4-29(41)38-13-12-26(22-38)40-30-24(21-39(32(40)42)20-23-8-6-5-7-9-23)19-33-31(35-30)34-25-10-11-27(28(18-25)43-3)37-16-14-36(2)15-17-37/h4-11,18-19,26H,1,12-17,20-22H2,2-3H3,(H,33,34,35)/t26-/m0/s1. The Balaban J connectivity index is 1.27. The Bertz CT molecular complexity index is 1490. The summed E-state index contributed by atoms with van der Waals surface area (Å²) in [5, 5.41) is 3.32. The van der Waals surface area contributed by atoms with Gasteiger partial charge in [0.1, 0.15) is 11.6 Å². The number of fused-ring (bicyclic) bond motifs is 1. The predicted molar refractivity (Wildman–Crippen MR) is 167 cm³/mol. The molecule has 3 aliphatic heterocycles. The van der Waals surface area contributed by atoms with E-state index < -0.39 is 0 Å². The zero-order valence-corrected chi connectivity index (χ0v) is 24.8. The Kier molecular flexibility index (Phi) is 8.15. The fraction of sp³-hybridized carbons (Fsp3) is 0.375. The molecule has 2 saturated heterocycles. The monoisotopic (exact) mass is 582 g/mol. The van der Waals surface area contributed by atoms with Gasteiger partial charge in [-0.25, -0.2) is 9.78 Å². The van der Waals surface area contributed by atoms with Crippen LogP contribution in [0.25, 0.3) is 0 Å². The molecule has 2 fully saturated rings. The number of carbonyl (C=O) groups excluding carboxylic acids is 2. The van der Waals surface area contributed by atoms with Crippen LogP contribution in [0.4, 0.5) is 27.9 Å². The third-order valence-electron chi connectivity index (χ3n) is 8.42. The van der Waals surface area contributed by atoms with E-state index >= 15 is 0 Å². The van der Waals surface area contributed by atoms with E-state index in [-0.39, 0.29) is 18.0 Å². The first kappa shape index (κ1) is 28.5. The summed E-state index contributed by atoms with van der Waals surface area (Å²) in [6, 6.07) is 15.6. The number of rotatable bonds is 8. The number of methoxy groups -OCH3 is 1. The van der Waals surface area contributed by atoms with Gasteiger partial charge in [-0.15, -0.1) is 0 Å². The van der Waals surface area contributed by atoms with E-state index in [1.807, 2.05) is 47.4 Å². The van der Waals surface area contributed by atoms with Crippen LogP contribution in [0.3, 0.4) is 0 Å². The SMILES string of the molecule is C=CC(=O)N1CC[C@H](N2C(=O)N(Cc3ccccc3)Cc3cnc(Nc4ccc(N5CCN(C)CC5)c(OC)c4)nc32)C1. The molecule has 4 heterocycles. The molecule has 0 aliphatic carbocycles. The van der Waals surface area contributed by atoms with Crippen molar-refractivity contribution in [2.24, 2.45) is 0 Å². The van der Waals surface area contributed by atoms with Crippen LogP contribution in [-0.4, -0.2) is 96.1 Å². The van der Waals surface area contributed by atoms with E-state index in [0.717, 1.165) is 54.4 Å². The summed E-state index contributed by atoms with van der Waals surface area (Å²) < 4.78 is 5.76. The molecule has 43 heavy (non-hydrogen) atoms. The lowest BCUT2D eigenvalue weighted by Crippen LogP contribution is -2.52. The number of aromatic nitrogens is 2. The van der Waals surface area contributed by atoms with Gasteiger partial charge in [-0.2, -0.15) is 4.98 Å². The molecule has 224 valence electrons. The van der Waals surface area contributed by atoms with Gasteiger partial charge in [-0.05, 0) is 37.2 Å². The van der Waals surface area contributed by atoms with Crippen molar-refractivity contribution in [2.45, 2.75) is 25.6 Å². The Morgan fingerprint density at radius 2 is 1.91 bits per heavy atom. The average Bonchev–Trinajstić information content (AvgIpc) is 3.52. The lowest BCUT2D eigenvalue weighted by molar-refractivity contribution is -0.125. The molecule has 3 amide bonds. The first-order valence-electron chi connectivity index (χ1n) is 14.7. The molecular weight excluding hydrogens is 544 g/mol. The van der Waals surface area contributed by atoms with Gasteiger partial charge < -0.3 is 29.7 Å². The quantitative estimate of drug-likeness (QED) is 0.402. The second kappa shape index (κ2) is 12.3. The van der Waals surface area contributed by atoms with E-state index in [9.17, 15) is 9.59 Å². The minimum absolute atomic E-state index is 0.128. The Morgan fingerprint density at radius 3 is 2.65 bits per heavy atom. The van der Waals surface area contributed by atoms with Crippen molar-refractivity contribution in [3.05, 3.63) is 78.5 Å². The minimum atomic E-state index is -0.209. The van der Waals surface area contributed by atoms with Crippen LogP contribution in [0.15, 0.2) is 67.4 Å². The van der Waals surface area contributed by atoms with Crippen molar-refractivity contribution in [1.82, 2.24) is 24.7 Å². The van der Waals surface area contributed by atoms with E-state index in [1.54, 1.807) is 23.1 Å². The van der Waals surface area contributed by atoms with Crippen molar-refractivity contribution < 1.29 is 14.3 Å². The van der Waals surface area contributed by atoms with E-state index in [0.29, 0.717) is 44.4 Å². The van der Waals surface area contributed by atoms with Gasteiger partial charge >= 0.3 is 6.03 Å². The third-order valence-corrected chi connectivity index (χ3v) is 8.42. The first-order chi connectivity index (χ1) is 20.9. The van der Waals surface area contributed by atoms with Crippen LogP contribution >= 0.6 is 0 Å². The topological polar surface area (TPSA) is 97.4 Å². The molecule has 3 aliphatic rings. The molecule has 0 unspecified atom stereocenters. The number of hydrogen-bond donors (Lipinski definition) is 1. The number of likely N-dealkylation sites (N-methyl/N-ethyl adjacent to an activating group) is 1. The maximum absolute atomic E-state index is 14.0. The second-order valence-corrected chi connectivity index (χ2v) is 11.3. The highest BCUT2D eigenvalue weighted by Crippen LogP contribution is 2.35. The van der Waals surface area contributed by atoms with Crippen molar-refractivity contribution >= 4 is 35.1 Å². The molecule has 2 aromatic carbocycles. The lowest BCUT2D eigenvalue weighted by atomic mass is 10.1. The maximum atomic E-state index is 14.0. The van der Waals surface area contributed by atoms with Gasteiger partial charge in [0, 0.05) is 69.3 Å². The molecule has 1 aromatic heterocycles. The number of likely N-dealkylation sites (tertiary alicyclic amines) is 1. The number of nitrogens with zero attached hydrogens (tertiary/aromatic N) is 7. The van der Waals surface area contributed by atoms with Crippen molar-refractivity contribution in [3.8, 4) is 5.75 Å². The molecular formula is C32H38N8O3. The zero-order chi connectivity index (χ0) is 29.9. The summed E-state index contributed by atoms with van der Waals surface area (Å²) in [6.45, 7) is 9.37. The smallest absolute Gasteiger partial charge is 0.326 e. The van der Waals surface area contributed by atoms with E-state index in [4.69, 9.17) is 9.72 Å². The summed E-state index contributed by atoms with van der Waals surface area (Å²) in [4.78, 5) is 45.8. The molecule has 1 N–H and O–H groups in total. The fourth-order valence-electron chi connectivity index (χ4n) is 6.03. The van der Waals surface area contributed by atoms with Crippen LogP contribution < -0.4 is 19.9 Å². The number of hydrogen-bond acceptors (Lipinski definition) is 8. The van der Waals surface area contributed by atoms with Gasteiger partial charge in [0.2, 0.25) is 11.9 Å². The molecule has 0 bridgehead atoms. The highest BCUT2D eigenvalue weighted by atomic mass is 16.5. The molecule has 0 saturated carbocycles. The number of nitrogens with one attached hydrogen (secondary N) is 1. The molecule has 0 spiro atoms. The Hall–Kier alpha value is -4.64. The van der Waals surface area contributed by atoms with Crippen LogP contribution in [0.1, 0.15) is 17.5 Å². The van der Waals surface area contributed by atoms with Gasteiger partial charge in [0.05, 0.1) is 25.4 Å².